The Kier molecular flexibility index (Phi) is 4.99. The van der Waals surface area contributed by atoms with E-state index < -0.39 is 5.54 Å². The number of hydrogen-bond donors (Lipinski definition) is 2. The normalized spacial score (nSPS) is 13.8. The molecule has 1 atom stereocenters. The molecule has 0 unspecified atom stereocenters. The first-order valence-electron chi connectivity index (χ1n) is 5.72. The molecule has 4 nitrogen and oxygen atoms in total. The number of nitrogens with one attached hydrogen (secondary N) is 1. The van der Waals surface area contributed by atoms with Crippen LogP contribution in [0.5, 0.6) is 5.75 Å². The lowest BCUT2D eigenvalue weighted by Gasteiger charge is -2.27. The fourth-order valence-electron chi connectivity index (χ4n) is 1.39. The van der Waals surface area contributed by atoms with Crippen molar-refractivity contribution in [3.63, 3.8) is 0 Å². The minimum absolute atomic E-state index is 0.111. The monoisotopic (exact) mass is 271 g/mol. The van der Waals surface area contributed by atoms with E-state index in [0.717, 1.165) is 0 Å². The Hall–Kier alpha value is -1.26. The average Bonchev–Trinajstić information content (AvgIpc) is 2.39. The lowest BCUT2D eigenvalue weighted by molar-refractivity contribution is 0.0847. The van der Waals surface area contributed by atoms with Gasteiger partial charge in [0.15, 0.2) is 0 Å². The smallest absolute Gasteiger partial charge is 0.251 e. The van der Waals surface area contributed by atoms with Crippen LogP contribution in [-0.4, -0.2) is 30.3 Å². The fraction of sp³-hybridized carbons (Fsp3) is 0.462. The van der Waals surface area contributed by atoms with Crippen molar-refractivity contribution in [3.05, 3.63) is 28.8 Å². The molecule has 1 amide bonds. The summed E-state index contributed by atoms with van der Waals surface area (Å²) in [6.45, 7) is 3.58. The fourth-order valence-corrected chi connectivity index (χ4v) is 1.58. The van der Waals surface area contributed by atoms with E-state index in [2.05, 4.69) is 5.32 Å². The summed E-state index contributed by atoms with van der Waals surface area (Å²) >= 11 is 5.89. The third-order valence-electron chi connectivity index (χ3n) is 2.96. The number of benzene rings is 1. The van der Waals surface area contributed by atoms with Crippen molar-refractivity contribution in [2.45, 2.75) is 25.8 Å². The summed E-state index contributed by atoms with van der Waals surface area (Å²) in [5.74, 6) is 0.190. The Balaban J connectivity index is 2.91. The molecule has 0 radical (unpaired) electrons. The second-order valence-corrected chi connectivity index (χ2v) is 4.78. The standard InChI is InChI=1S/C13H18ClNO3/c1-4-13(2,8-16)15-12(17)9-5-6-10(14)11(7-9)18-3/h5-7,16H,4,8H2,1-3H3,(H,15,17)/t13-/m1/s1. The van der Waals surface area contributed by atoms with E-state index in [9.17, 15) is 9.90 Å². The van der Waals surface area contributed by atoms with Crippen LogP contribution in [0.4, 0.5) is 0 Å². The predicted molar refractivity (Wildman–Crippen MR) is 71.3 cm³/mol. The number of aliphatic hydroxyl groups excluding tert-OH is 1. The Morgan fingerprint density at radius 1 is 1.56 bits per heavy atom. The van der Waals surface area contributed by atoms with Crippen LogP contribution in [-0.2, 0) is 0 Å². The lowest BCUT2D eigenvalue weighted by Crippen LogP contribution is -2.48. The molecular weight excluding hydrogens is 254 g/mol. The van der Waals surface area contributed by atoms with Gasteiger partial charge in [-0.1, -0.05) is 18.5 Å². The van der Waals surface area contributed by atoms with Crippen LogP contribution in [0.1, 0.15) is 30.6 Å². The third-order valence-corrected chi connectivity index (χ3v) is 3.27. The van der Waals surface area contributed by atoms with Crippen molar-refractivity contribution in [2.24, 2.45) is 0 Å². The molecule has 0 aliphatic carbocycles. The minimum atomic E-state index is -0.621. The first kappa shape index (κ1) is 14.8. The summed E-state index contributed by atoms with van der Waals surface area (Å²) in [6, 6.07) is 4.80. The molecule has 1 aromatic rings. The molecule has 0 aliphatic heterocycles. The van der Waals surface area contributed by atoms with Gasteiger partial charge in [-0.2, -0.15) is 0 Å². The van der Waals surface area contributed by atoms with Gasteiger partial charge in [0, 0.05) is 5.56 Å². The molecule has 0 saturated heterocycles. The van der Waals surface area contributed by atoms with E-state index in [1.165, 1.54) is 7.11 Å². The number of carbonyl (C=O) groups excluding carboxylic acids is 1. The number of hydrogen-bond acceptors (Lipinski definition) is 3. The molecule has 0 aromatic heterocycles. The molecule has 18 heavy (non-hydrogen) atoms. The summed E-state index contributed by atoms with van der Waals surface area (Å²) in [4.78, 5) is 12.0. The zero-order valence-electron chi connectivity index (χ0n) is 10.8. The van der Waals surface area contributed by atoms with Gasteiger partial charge >= 0.3 is 0 Å². The van der Waals surface area contributed by atoms with Gasteiger partial charge in [-0.05, 0) is 31.5 Å². The van der Waals surface area contributed by atoms with Gasteiger partial charge in [0.1, 0.15) is 5.75 Å². The largest absolute Gasteiger partial charge is 0.495 e. The summed E-state index contributed by atoms with van der Waals surface area (Å²) in [6.07, 6.45) is 0.639. The van der Waals surface area contributed by atoms with Crippen LogP contribution in [0.25, 0.3) is 0 Å². The molecule has 0 bridgehead atoms. The SMILES string of the molecule is CC[C@](C)(CO)NC(=O)c1ccc(Cl)c(OC)c1. The van der Waals surface area contributed by atoms with Crippen molar-refractivity contribution in [2.75, 3.05) is 13.7 Å². The molecule has 0 saturated carbocycles. The van der Waals surface area contributed by atoms with Gasteiger partial charge in [0.2, 0.25) is 0 Å². The average molecular weight is 272 g/mol. The van der Waals surface area contributed by atoms with Gasteiger partial charge < -0.3 is 15.2 Å². The van der Waals surface area contributed by atoms with Crippen molar-refractivity contribution in [1.82, 2.24) is 5.32 Å². The van der Waals surface area contributed by atoms with Crippen molar-refractivity contribution >= 4 is 17.5 Å². The van der Waals surface area contributed by atoms with Gasteiger partial charge in [-0.25, -0.2) is 0 Å². The Morgan fingerprint density at radius 2 is 2.22 bits per heavy atom. The topological polar surface area (TPSA) is 58.6 Å². The van der Waals surface area contributed by atoms with E-state index in [-0.39, 0.29) is 12.5 Å². The number of halogens is 1. The van der Waals surface area contributed by atoms with Crippen LogP contribution in [0.3, 0.4) is 0 Å². The first-order chi connectivity index (χ1) is 8.45. The molecule has 0 spiro atoms. The molecule has 1 rings (SSSR count). The van der Waals surface area contributed by atoms with E-state index in [1.807, 2.05) is 6.92 Å². The summed E-state index contributed by atoms with van der Waals surface area (Å²) in [5, 5.41) is 12.5. The number of aliphatic hydroxyl groups is 1. The zero-order valence-corrected chi connectivity index (χ0v) is 11.5. The highest BCUT2D eigenvalue weighted by Crippen LogP contribution is 2.25. The molecule has 5 heteroatoms. The Morgan fingerprint density at radius 3 is 2.72 bits per heavy atom. The minimum Gasteiger partial charge on any atom is -0.495 e. The van der Waals surface area contributed by atoms with Crippen molar-refractivity contribution < 1.29 is 14.6 Å². The van der Waals surface area contributed by atoms with Gasteiger partial charge in [0.05, 0.1) is 24.3 Å². The van der Waals surface area contributed by atoms with E-state index in [1.54, 1.807) is 25.1 Å². The van der Waals surface area contributed by atoms with E-state index in [4.69, 9.17) is 16.3 Å². The Labute approximate surface area is 112 Å². The van der Waals surface area contributed by atoms with Crippen LogP contribution < -0.4 is 10.1 Å². The van der Waals surface area contributed by atoms with Crippen molar-refractivity contribution in [1.29, 1.82) is 0 Å². The maximum absolute atomic E-state index is 12.0. The maximum Gasteiger partial charge on any atom is 0.251 e. The molecule has 0 fully saturated rings. The number of methoxy groups -OCH3 is 1. The van der Waals surface area contributed by atoms with Crippen LogP contribution >= 0.6 is 11.6 Å². The molecule has 1 aromatic carbocycles. The quantitative estimate of drug-likeness (QED) is 0.863. The second kappa shape index (κ2) is 6.07. The number of rotatable bonds is 5. The summed E-state index contributed by atoms with van der Waals surface area (Å²) < 4.78 is 5.06. The van der Waals surface area contributed by atoms with Crippen molar-refractivity contribution in [3.8, 4) is 5.75 Å². The molecule has 2 N–H and O–H groups in total. The molecular formula is C13H18ClNO3. The highest BCUT2D eigenvalue weighted by Gasteiger charge is 2.24. The molecule has 0 aliphatic rings. The van der Waals surface area contributed by atoms with Gasteiger partial charge in [-0.3, -0.25) is 4.79 Å². The number of ether oxygens (including phenoxy) is 1. The van der Waals surface area contributed by atoms with Crippen LogP contribution in [0.15, 0.2) is 18.2 Å². The summed E-state index contributed by atoms with van der Waals surface area (Å²) in [5.41, 5.74) is -0.173. The van der Waals surface area contributed by atoms with Gasteiger partial charge in [-0.15, -0.1) is 0 Å². The predicted octanol–water partition coefficient (Wildman–Crippen LogP) is 2.24. The highest BCUT2D eigenvalue weighted by molar-refractivity contribution is 6.32. The lowest BCUT2D eigenvalue weighted by atomic mass is 9.99. The zero-order chi connectivity index (χ0) is 13.8. The highest BCUT2D eigenvalue weighted by atomic mass is 35.5. The van der Waals surface area contributed by atoms with Crippen LogP contribution in [0.2, 0.25) is 5.02 Å². The van der Waals surface area contributed by atoms with Gasteiger partial charge in [0.25, 0.3) is 5.91 Å². The third kappa shape index (κ3) is 3.37. The van der Waals surface area contributed by atoms with E-state index >= 15 is 0 Å². The second-order valence-electron chi connectivity index (χ2n) is 4.38. The number of carbonyl (C=O) groups is 1. The van der Waals surface area contributed by atoms with E-state index in [0.29, 0.717) is 22.8 Å². The maximum atomic E-state index is 12.0. The number of amides is 1. The Bertz CT molecular complexity index is 430. The molecule has 100 valence electrons. The van der Waals surface area contributed by atoms with Crippen LogP contribution in [0, 0.1) is 0 Å². The summed E-state index contributed by atoms with van der Waals surface area (Å²) in [7, 11) is 1.49. The first-order valence-corrected chi connectivity index (χ1v) is 6.10. The molecule has 0 heterocycles.